The van der Waals surface area contributed by atoms with E-state index in [4.69, 9.17) is 5.73 Å². The van der Waals surface area contributed by atoms with Gasteiger partial charge in [-0.15, -0.1) is 11.3 Å². The molecule has 5 heteroatoms. The van der Waals surface area contributed by atoms with Crippen molar-refractivity contribution in [2.45, 2.75) is 46.0 Å². The highest BCUT2D eigenvalue weighted by Crippen LogP contribution is 2.25. The third-order valence-electron chi connectivity index (χ3n) is 4.18. The standard InChI is InChI=1S/C16H27N3OS/c1-12(2)3-4-13-6-9-19(10-7-13)16(20)14-11-21-15(18-14)5-8-17/h11-13H,3-10,17H2,1-2H3. The number of nitrogens with zero attached hydrogens (tertiary/aromatic N) is 2. The zero-order valence-corrected chi connectivity index (χ0v) is 14.0. The highest BCUT2D eigenvalue weighted by Gasteiger charge is 2.24. The minimum atomic E-state index is 0.0943. The number of carbonyl (C=O) groups excluding carboxylic acids is 1. The smallest absolute Gasteiger partial charge is 0.273 e. The molecule has 0 spiro atoms. The van der Waals surface area contributed by atoms with E-state index in [-0.39, 0.29) is 5.91 Å². The van der Waals surface area contributed by atoms with E-state index in [9.17, 15) is 4.79 Å². The molecule has 0 aliphatic carbocycles. The predicted molar refractivity (Wildman–Crippen MR) is 87.6 cm³/mol. The van der Waals surface area contributed by atoms with Gasteiger partial charge in [0.1, 0.15) is 5.69 Å². The number of rotatable bonds is 6. The monoisotopic (exact) mass is 309 g/mol. The van der Waals surface area contributed by atoms with E-state index in [2.05, 4.69) is 18.8 Å². The van der Waals surface area contributed by atoms with Gasteiger partial charge in [-0.1, -0.05) is 26.7 Å². The van der Waals surface area contributed by atoms with E-state index >= 15 is 0 Å². The summed E-state index contributed by atoms with van der Waals surface area (Å²) < 4.78 is 0. The van der Waals surface area contributed by atoms with Gasteiger partial charge in [0.2, 0.25) is 0 Å². The Morgan fingerprint density at radius 1 is 1.48 bits per heavy atom. The first-order valence-electron chi connectivity index (χ1n) is 8.04. The van der Waals surface area contributed by atoms with Crippen LogP contribution in [0.4, 0.5) is 0 Å². The molecule has 4 nitrogen and oxygen atoms in total. The van der Waals surface area contributed by atoms with Crippen molar-refractivity contribution >= 4 is 17.2 Å². The van der Waals surface area contributed by atoms with Crippen LogP contribution in [0.15, 0.2) is 5.38 Å². The second-order valence-electron chi connectivity index (χ2n) is 6.37. The van der Waals surface area contributed by atoms with Gasteiger partial charge >= 0.3 is 0 Å². The Labute approximate surface area is 131 Å². The summed E-state index contributed by atoms with van der Waals surface area (Å²) in [6.45, 7) is 6.90. The van der Waals surface area contributed by atoms with E-state index in [0.29, 0.717) is 12.2 Å². The van der Waals surface area contributed by atoms with Gasteiger partial charge in [0, 0.05) is 24.9 Å². The number of hydrogen-bond acceptors (Lipinski definition) is 4. The first kappa shape index (κ1) is 16.4. The normalized spacial score (nSPS) is 16.7. The third-order valence-corrected chi connectivity index (χ3v) is 5.09. The van der Waals surface area contributed by atoms with Crippen molar-refractivity contribution in [3.8, 4) is 0 Å². The summed E-state index contributed by atoms with van der Waals surface area (Å²) in [6, 6.07) is 0. The van der Waals surface area contributed by atoms with Gasteiger partial charge in [0.15, 0.2) is 0 Å². The number of nitrogens with two attached hydrogens (primary N) is 1. The first-order chi connectivity index (χ1) is 10.1. The topological polar surface area (TPSA) is 59.2 Å². The number of thiazole rings is 1. The largest absolute Gasteiger partial charge is 0.337 e. The van der Waals surface area contributed by atoms with Gasteiger partial charge < -0.3 is 10.6 Å². The minimum Gasteiger partial charge on any atom is -0.337 e. The molecule has 1 fully saturated rings. The van der Waals surface area contributed by atoms with E-state index in [0.717, 1.165) is 49.2 Å². The molecular formula is C16H27N3OS. The Morgan fingerprint density at radius 2 is 2.19 bits per heavy atom. The summed E-state index contributed by atoms with van der Waals surface area (Å²) in [5.74, 6) is 1.66. The molecular weight excluding hydrogens is 282 g/mol. The average molecular weight is 309 g/mol. The average Bonchev–Trinajstić information content (AvgIpc) is 2.94. The van der Waals surface area contributed by atoms with Crippen LogP contribution in [-0.2, 0) is 6.42 Å². The van der Waals surface area contributed by atoms with Crippen LogP contribution in [0.5, 0.6) is 0 Å². The molecule has 1 aliphatic heterocycles. The van der Waals surface area contributed by atoms with Crippen molar-refractivity contribution in [1.29, 1.82) is 0 Å². The highest BCUT2D eigenvalue weighted by atomic mass is 32.1. The molecule has 2 rings (SSSR count). The number of amides is 1. The first-order valence-corrected chi connectivity index (χ1v) is 8.92. The lowest BCUT2D eigenvalue weighted by Crippen LogP contribution is -2.38. The maximum atomic E-state index is 12.4. The maximum absolute atomic E-state index is 12.4. The van der Waals surface area contributed by atoms with Crippen LogP contribution >= 0.6 is 11.3 Å². The maximum Gasteiger partial charge on any atom is 0.273 e. The predicted octanol–water partition coefficient (Wildman–Crippen LogP) is 2.93. The molecule has 118 valence electrons. The lowest BCUT2D eigenvalue weighted by Gasteiger charge is -2.32. The Morgan fingerprint density at radius 3 is 2.81 bits per heavy atom. The van der Waals surface area contributed by atoms with Gasteiger partial charge in [-0.25, -0.2) is 4.98 Å². The molecule has 2 N–H and O–H groups in total. The van der Waals surface area contributed by atoms with Crippen molar-refractivity contribution in [2.75, 3.05) is 19.6 Å². The van der Waals surface area contributed by atoms with Crippen LogP contribution in [0, 0.1) is 11.8 Å². The molecule has 1 aliphatic rings. The molecule has 1 amide bonds. The third kappa shape index (κ3) is 4.78. The molecule has 2 heterocycles. The van der Waals surface area contributed by atoms with Crippen LogP contribution in [0.1, 0.15) is 55.0 Å². The summed E-state index contributed by atoms with van der Waals surface area (Å²) in [6.07, 6.45) is 5.63. The van der Waals surface area contributed by atoms with Crippen molar-refractivity contribution in [2.24, 2.45) is 17.6 Å². The van der Waals surface area contributed by atoms with Crippen LogP contribution < -0.4 is 5.73 Å². The summed E-state index contributed by atoms with van der Waals surface area (Å²) in [7, 11) is 0. The zero-order valence-electron chi connectivity index (χ0n) is 13.2. The van der Waals surface area contributed by atoms with Crippen LogP contribution in [0.25, 0.3) is 0 Å². The number of aromatic nitrogens is 1. The second kappa shape index (κ2) is 7.90. The van der Waals surface area contributed by atoms with E-state index in [1.54, 1.807) is 0 Å². The lowest BCUT2D eigenvalue weighted by molar-refractivity contribution is 0.0679. The molecule has 1 aromatic rings. The van der Waals surface area contributed by atoms with Gasteiger partial charge in [0.05, 0.1) is 5.01 Å². The molecule has 0 unspecified atom stereocenters. The molecule has 21 heavy (non-hydrogen) atoms. The Bertz CT molecular complexity index is 450. The quantitative estimate of drug-likeness (QED) is 0.879. The molecule has 0 saturated carbocycles. The molecule has 0 bridgehead atoms. The fraction of sp³-hybridized carbons (Fsp3) is 0.750. The van der Waals surface area contributed by atoms with Gasteiger partial charge in [-0.2, -0.15) is 0 Å². The highest BCUT2D eigenvalue weighted by molar-refractivity contribution is 7.09. The molecule has 0 aromatic carbocycles. The van der Waals surface area contributed by atoms with Crippen molar-refractivity contribution < 1.29 is 4.79 Å². The van der Waals surface area contributed by atoms with E-state index < -0.39 is 0 Å². The molecule has 1 saturated heterocycles. The number of hydrogen-bond donors (Lipinski definition) is 1. The van der Waals surface area contributed by atoms with Gasteiger partial charge in [-0.05, 0) is 31.2 Å². The molecule has 1 aromatic heterocycles. The van der Waals surface area contributed by atoms with Crippen LogP contribution in [0.2, 0.25) is 0 Å². The summed E-state index contributed by atoms with van der Waals surface area (Å²) in [4.78, 5) is 18.8. The van der Waals surface area contributed by atoms with Crippen molar-refractivity contribution in [3.05, 3.63) is 16.1 Å². The van der Waals surface area contributed by atoms with Crippen molar-refractivity contribution in [3.63, 3.8) is 0 Å². The second-order valence-corrected chi connectivity index (χ2v) is 7.31. The van der Waals surface area contributed by atoms with E-state index in [1.165, 1.54) is 24.2 Å². The lowest BCUT2D eigenvalue weighted by atomic mass is 9.89. The Balaban J connectivity index is 1.82. The van der Waals surface area contributed by atoms with Crippen LogP contribution in [-0.4, -0.2) is 35.4 Å². The molecule has 0 radical (unpaired) electrons. The number of piperidine rings is 1. The summed E-state index contributed by atoms with van der Waals surface area (Å²) >= 11 is 1.54. The van der Waals surface area contributed by atoms with Crippen molar-refractivity contribution in [1.82, 2.24) is 9.88 Å². The molecule has 0 atom stereocenters. The van der Waals surface area contributed by atoms with Gasteiger partial charge in [-0.3, -0.25) is 4.79 Å². The summed E-state index contributed by atoms with van der Waals surface area (Å²) in [5.41, 5.74) is 6.13. The van der Waals surface area contributed by atoms with Crippen LogP contribution in [0.3, 0.4) is 0 Å². The number of likely N-dealkylation sites (tertiary alicyclic amines) is 1. The fourth-order valence-corrected chi connectivity index (χ4v) is 3.59. The zero-order chi connectivity index (χ0) is 15.2. The fourth-order valence-electron chi connectivity index (χ4n) is 2.80. The summed E-state index contributed by atoms with van der Waals surface area (Å²) in [5, 5.41) is 2.84. The van der Waals surface area contributed by atoms with E-state index in [1.807, 2.05) is 10.3 Å². The Hall–Kier alpha value is -0.940. The SMILES string of the molecule is CC(C)CCC1CCN(C(=O)c2csc(CCN)n2)CC1. The Kier molecular flexibility index (Phi) is 6.18. The number of carbonyl (C=O) groups is 1. The minimum absolute atomic E-state index is 0.0943. The van der Waals surface area contributed by atoms with Gasteiger partial charge in [0.25, 0.3) is 5.91 Å².